The zero-order valence-corrected chi connectivity index (χ0v) is 12.8. The Morgan fingerprint density at radius 3 is 2.58 bits per heavy atom. The lowest BCUT2D eigenvalue weighted by atomic mass is 10.4. The molecule has 0 aromatic carbocycles. The maximum absolute atomic E-state index is 10.8. The number of aromatic nitrogens is 1. The summed E-state index contributed by atoms with van der Waals surface area (Å²) in [4.78, 5) is 13.3. The van der Waals surface area contributed by atoms with Crippen LogP contribution in [-0.4, -0.2) is 35.7 Å². The highest BCUT2D eigenvalue weighted by Crippen LogP contribution is 2.14. The first kappa shape index (κ1) is 16.3. The smallest absolute Gasteiger partial charge is 0.412 e. The molecule has 0 aliphatic carbocycles. The molecule has 1 rings (SSSR count). The Morgan fingerprint density at radius 1 is 1.32 bits per heavy atom. The van der Waals surface area contributed by atoms with E-state index < -0.39 is 5.76 Å². The van der Waals surface area contributed by atoms with Crippen LogP contribution >= 0.6 is 11.8 Å². The number of ether oxygens (including phenoxy) is 2. The summed E-state index contributed by atoms with van der Waals surface area (Å²) in [5.41, 5.74) is 0. The van der Waals surface area contributed by atoms with Crippen molar-refractivity contribution in [3.63, 3.8) is 0 Å². The van der Waals surface area contributed by atoms with Gasteiger partial charge in [-0.15, -0.1) is 0 Å². The molecular formula is C13H23NO4S. The molecule has 1 aromatic rings. The number of oxazole rings is 1. The van der Waals surface area contributed by atoms with Gasteiger partial charge in [0.25, 0.3) is 0 Å². The summed E-state index contributed by atoms with van der Waals surface area (Å²) < 4.78 is 16.3. The summed E-state index contributed by atoms with van der Waals surface area (Å²) in [5, 5.41) is 0. The highest BCUT2D eigenvalue weighted by Gasteiger charge is 2.13. The topological polar surface area (TPSA) is 64.5 Å². The van der Waals surface area contributed by atoms with Gasteiger partial charge in [-0.2, -0.15) is 11.8 Å². The number of H-pyrrole nitrogens is 1. The van der Waals surface area contributed by atoms with Gasteiger partial charge in [0.1, 0.15) is 5.76 Å². The highest BCUT2D eigenvalue weighted by molar-refractivity contribution is 7.98. The summed E-state index contributed by atoms with van der Waals surface area (Å²) in [6.45, 7) is 8.62. The Balaban J connectivity index is 2.32. The number of hydrogen-bond acceptors (Lipinski definition) is 5. The molecule has 6 heteroatoms. The van der Waals surface area contributed by atoms with Crippen LogP contribution in [0, 0.1) is 0 Å². The third kappa shape index (κ3) is 7.44. The van der Waals surface area contributed by atoms with Gasteiger partial charge in [0.2, 0.25) is 0 Å². The standard InChI is InChI=1S/C13H23NO4S/c1-9(2)16-6-12(17-10(3)4)8-19-7-11-5-14-13(15)18-11/h5,9-10,12H,6-8H2,1-4H3,(H,14,15). The highest BCUT2D eigenvalue weighted by atomic mass is 32.2. The molecule has 1 N–H and O–H groups in total. The molecule has 110 valence electrons. The molecule has 0 saturated heterocycles. The lowest BCUT2D eigenvalue weighted by Gasteiger charge is -2.21. The lowest BCUT2D eigenvalue weighted by molar-refractivity contribution is -0.0472. The van der Waals surface area contributed by atoms with Crippen molar-refractivity contribution in [2.75, 3.05) is 12.4 Å². The van der Waals surface area contributed by atoms with Crippen molar-refractivity contribution < 1.29 is 13.9 Å². The molecule has 0 bridgehead atoms. The second-order valence-electron chi connectivity index (χ2n) is 4.85. The van der Waals surface area contributed by atoms with E-state index >= 15 is 0 Å². The molecule has 1 heterocycles. The SMILES string of the molecule is CC(C)OCC(CSCc1c[nH]c(=O)o1)OC(C)C. The molecule has 5 nitrogen and oxygen atoms in total. The molecule has 0 saturated carbocycles. The summed E-state index contributed by atoms with van der Waals surface area (Å²) in [5.74, 6) is 1.70. The van der Waals surface area contributed by atoms with E-state index in [0.717, 1.165) is 5.75 Å². The van der Waals surface area contributed by atoms with E-state index in [1.165, 1.54) is 0 Å². The van der Waals surface area contributed by atoms with Crippen LogP contribution in [0.3, 0.4) is 0 Å². The van der Waals surface area contributed by atoms with Crippen molar-refractivity contribution in [3.05, 3.63) is 22.5 Å². The maximum atomic E-state index is 10.8. The number of aromatic amines is 1. The Labute approximate surface area is 118 Å². The minimum absolute atomic E-state index is 0.0538. The zero-order chi connectivity index (χ0) is 14.3. The van der Waals surface area contributed by atoms with Gasteiger partial charge in [-0.3, -0.25) is 4.98 Å². The van der Waals surface area contributed by atoms with Gasteiger partial charge in [0, 0.05) is 11.9 Å². The van der Waals surface area contributed by atoms with Crippen molar-refractivity contribution in [1.29, 1.82) is 0 Å². The molecule has 0 radical (unpaired) electrons. The van der Waals surface area contributed by atoms with Gasteiger partial charge in [-0.25, -0.2) is 4.79 Å². The molecule has 0 spiro atoms. The lowest BCUT2D eigenvalue weighted by Crippen LogP contribution is -2.27. The Kier molecular flexibility index (Phi) is 7.27. The molecule has 1 aromatic heterocycles. The van der Waals surface area contributed by atoms with Crippen molar-refractivity contribution in [2.45, 2.75) is 51.8 Å². The van der Waals surface area contributed by atoms with E-state index in [1.807, 2.05) is 27.7 Å². The molecule has 0 aliphatic rings. The predicted octanol–water partition coefficient (Wildman–Crippen LogP) is 2.42. The van der Waals surface area contributed by atoms with Gasteiger partial charge < -0.3 is 13.9 Å². The number of hydrogen-bond donors (Lipinski definition) is 1. The van der Waals surface area contributed by atoms with Crippen LogP contribution in [0.1, 0.15) is 33.5 Å². The fourth-order valence-electron chi connectivity index (χ4n) is 1.49. The number of nitrogens with one attached hydrogen (secondary N) is 1. The molecule has 0 amide bonds. The molecule has 1 unspecified atom stereocenters. The first-order chi connectivity index (χ1) is 8.97. The molecule has 19 heavy (non-hydrogen) atoms. The zero-order valence-electron chi connectivity index (χ0n) is 12.0. The molecular weight excluding hydrogens is 266 g/mol. The van der Waals surface area contributed by atoms with Gasteiger partial charge in [0.05, 0.1) is 30.7 Å². The Morgan fingerprint density at radius 2 is 2.05 bits per heavy atom. The van der Waals surface area contributed by atoms with Gasteiger partial charge in [-0.05, 0) is 27.7 Å². The van der Waals surface area contributed by atoms with E-state index in [1.54, 1.807) is 18.0 Å². The Bertz CT molecular complexity index is 399. The van der Waals surface area contributed by atoms with E-state index in [-0.39, 0.29) is 18.3 Å². The molecule has 1 atom stereocenters. The largest absolute Gasteiger partial charge is 0.416 e. The normalized spacial score (nSPS) is 13.4. The summed E-state index contributed by atoms with van der Waals surface area (Å²) in [6.07, 6.45) is 2.02. The summed E-state index contributed by atoms with van der Waals surface area (Å²) >= 11 is 1.66. The fourth-order valence-corrected chi connectivity index (χ4v) is 2.39. The van der Waals surface area contributed by atoms with E-state index in [2.05, 4.69) is 4.98 Å². The van der Waals surface area contributed by atoms with Crippen molar-refractivity contribution in [2.24, 2.45) is 0 Å². The number of thioether (sulfide) groups is 1. The average molecular weight is 289 g/mol. The van der Waals surface area contributed by atoms with Crippen LogP contribution in [0.5, 0.6) is 0 Å². The average Bonchev–Trinajstić information content (AvgIpc) is 2.71. The second kappa shape index (κ2) is 8.45. The number of rotatable bonds is 9. The minimum Gasteiger partial charge on any atom is -0.412 e. The third-order valence-corrected chi connectivity index (χ3v) is 3.30. The maximum Gasteiger partial charge on any atom is 0.416 e. The first-order valence-electron chi connectivity index (χ1n) is 6.49. The van der Waals surface area contributed by atoms with Crippen molar-refractivity contribution in [3.8, 4) is 0 Å². The van der Waals surface area contributed by atoms with Crippen LogP contribution in [0.4, 0.5) is 0 Å². The first-order valence-corrected chi connectivity index (χ1v) is 7.65. The molecule has 0 aliphatic heterocycles. The van der Waals surface area contributed by atoms with Crippen LogP contribution < -0.4 is 5.76 Å². The summed E-state index contributed by atoms with van der Waals surface area (Å²) in [6, 6.07) is 0. The van der Waals surface area contributed by atoms with Crippen LogP contribution in [0.15, 0.2) is 15.4 Å². The predicted molar refractivity (Wildman–Crippen MR) is 76.6 cm³/mol. The van der Waals surface area contributed by atoms with Crippen molar-refractivity contribution >= 4 is 11.8 Å². The van der Waals surface area contributed by atoms with Gasteiger partial charge in [-0.1, -0.05) is 0 Å². The van der Waals surface area contributed by atoms with E-state index in [0.29, 0.717) is 18.1 Å². The second-order valence-corrected chi connectivity index (χ2v) is 5.88. The van der Waals surface area contributed by atoms with Gasteiger partial charge >= 0.3 is 5.76 Å². The van der Waals surface area contributed by atoms with Gasteiger partial charge in [0.15, 0.2) is 0 Å². The quantitative estimate of drug-likeness (QED) is 0.756. The van der Waals surface area contributed by atoms with Crippen LogP contribution in [-0.2, 0) is 15.2 Å². The third-order valence-electron chi connectivity index (χ3n) is 2.20. The summed E-state index contributed by atoms with van der Waals surface area (Å²) in [7, 11) is 0. The fraction of sp³-hybridized carbons (Fsp3) is 0.769. The monoisotopic (exact) mass is 289 g/mol. The van der Waals surface area contributed by atoms with Crippen molar-refractivity contribution in [1.82, 2.24) is 4.98 Å². The Hall–Kier alpha value is -0.720. The van der Waals surface area contributed by atoms with E-state index in [9.17, 15) is 4.79 Å². The van der Waals surface area contributed by atoms with E-state index in [4.69, 9.17) is 13.9 Å². The van der Waals surface area contributed by atoms with Crippen LogP contribution in [0.25, 0.3) is 0 Å². The molecule has 0 fully saturated rings. The van der Waals surface area contributed by atoms with Crippen LogP contribution in [0.2, 0.25) is 0 Å². The minimum atomic E-state index is -0.409.